The van der Waals surface area contributed by atoms with Gasteiger partial charge in [-0.25, -0.2) is 0 Å². The number of hydrogen-bond acceptors (Lipinski definition) is 1. The van der Waals surface area contributed by atoms with Crippen molar-refractivity contribution >= 4 is 11.6 Å². The predicted molar refractivity (Wildman–Crippen MR) is 81.4 cm³/mol. The first-order valence-corrected chi connectivity index (χ1v) is 7.85. The molecule has 0 bridgehead atoms. The van der Waals surface area contributed by atoms with Crippen LogP contribution in [0, 0.1) is 0 Å². The molecular weight excluding hydrogens is 230 g/mol. The molecule has 0 amide bonds. The van der Waals surface area contributed by atoms with E-state index >= 15 is 0 Å². The van der Waals surface area contributed by atoms with Gasteiger partial charge in [-0.15, -0.1) is 11.6 Å². The first-order valence-electron chi connectivity index (χ1n) is 7.41. The first-order chi connectivity index (χ1) is 7.77. The summed E-state index contributed by atoms with van der Waals surface area (Å²) in [4.78, 5) is 0. The standard InChI is InChI=1S/C15H31Cl.H3N/c1-3-4-5-6-7-8-9-10-11-12-13-14-15(2)16;/h15H,3-14H2,1-2H3;1H3. The summed E-state index contributed by atoms with van der Waals surface area (Å²) in [6.07, 6.45) is 16.8. The van der Waals surface area contributed by atoms with E-state index in [1.54, 1.807) is 0 Å². The first kappa shape index (κ1) is 19.6. The van der Waals surface area contributed by atoms with Crippen molar-refractivity contribution < 1.29 is 0 Å². The van der Waals surface area contributed by atoms with Crippen molar-refractivity contribution in [1.29, 1.82) is 0 Å². The minimum Gasteiger partial charge on any atom is -0.344 e. The highest BCUT2D eigenvalue weighted by molar-refractivity contribution is 6.20. The van der Waals surface area contributed by atoms with E-state index in [0.29, 0.717) is 5.38 Å². The van der Waals surface area contributed by atoms with E-state index in [1.165, 1.54) is 77.0 Å². The maximum atomic E-state index is 5.90. The van der Waals surface area contributed by atoms with Crippen LogP contribution in [0.5, 0.6) is 0 Å². The van der Waals surface area contributed by atoms with Gasteiger partial charge in [-0.1, -0.05) is 77.6 Å². The van der Waals surface area contributed by atoms with Crippen LogP contribution in [-0.2, 0) is 0 Å². The molecule has 17 heavy (non-hydrogen) atoms. The van der Waals surface area contributed by atoms with E-state index in [-0.39, 0.29) is 6.15 Å². The Morgan fingerprint density at radius 1 is 0.706 bits per heavy atom. The Morgan fingerprint density at radius 2 is 1.06 bits per heavy atom. The summed E-state index contributed by atoms with van der Waals surface area (Å²) in [6, 6.07) is 0. The lowest BCUT2D eigenvalue weighted by atomic mass is 10.0. The quantitative estimate of drug-likeness (QED) is 0.317. The van der Waals surface area contributed by atoms with Crippen molar-refractivity contribution in [1.82, 2.24) is 6.15 Å². The largest absolute Gasteiger partial charge is 0.344 e. The zero-order valence-corrected chi connectivity index (χ0v) is 12.9. The summed E-state index contributed by atoms with van der Waals surface area (Å²) < 4.78 is 0. The molecular formula is C15H34ClN. The van der Waals surface area contributed by atoms with Crippen molar-refractivity contribution in [3.05, 3.63) is 0 Å². The second-order valence-electron chi connectivity index (χ2n) is 5.10. The monoisotopic (exact) mass is 263 g/mol. The molecule has 0 aromatic rings. The maximum Gasteiger partial charge on any atom is 0.0307 e. The van der Waals surface area contributed by atoms with Gasteiger partial charge in [0.2, 0.25) is 0 Å². The zero-order valence-electron chi connectivity index (χ0n) is 12.1. The van der Waals surface area contributed by atoms with E-state index in [1.807, 2.05) is 0 Å². The van der Waals surface area contributed by atoms with Crippen LogP contribution >= 0.6 is 11.6 Å². The summed E-state index contributed by atoms with van der Waals surface area (Å²) in [7, 11) is 0. The third-order valence-corrected chi connectivity index (χ3v) is 3.42. The van der Waals surface area contributed by atoms with Crippen LogP contribution < -0.4 is 6.15 Å². The number of alkyl halides is 1. The second-order valence-corrected chi connectivity index (χ2v) is 5.85. The lowest BCUT2D eigenvalue weighted by Gasteiger charge is -2.03. The Hall–Kier alpha value is 0.250. The molecule has 0 heterocycles. The Balaban J connectivity index is 0. The van der Waals surface area contributed by atoms with Crippen LogP contribution in [0.3, 0.4) is 0 Å². The summed E-state index contributed by atoms with van der Waals surface area (Å²) in [5.41, 5.74) is 0. The minimum atomic E-state index is 0. The highest BCUT2D eigenvalue weighted by Crippen LogP contribution is 2.13. The third-order valence-electron chi connectivity index (χ3n) is 3.21. The minimum absolute atomic E-state index is 0. The lowest BCUT2D eigenvalue weighted by Crippen LogP contribution is -1.90. The molecule has 0 saturated carbocycles. The van der Waals surface area contributed by atoms with Gasteiger partial charge in [0.1, 0.15) is 0 Å². The smallest absolute Gasteiger partial charge is 0.0307 e. The van der Waals surface area contributed by atoms with Crippen LogP contribution in [0.25, 0.3) is 0 Å². The van der Waals surface area contributed by atoms with Crippen LogP contribution in [0.15, 0.2) is 0 Å². The van der Waals surface area contributed by atoms with Crippen LogP contribution in [0.4, 0.5) is 0 Å². The molecule has 0 aliphatic rings. The molecule has 0 fully saturated rings. The second kappa shape index (κ2) is 16.2. The SMILES string of the molecule is CCCCCCCCCCCCCC(C)Cl.N. The fourth-order valence-corrected chi connectivity index (χ4v) is 2.24. The molecule has 0 rings (SSSR count). The number of unbranched alkanes of at least 4 members (excludes halogenated alkanes) is 10. The lowest BCUT2D eigenvalue weighted by molar-refractivity contribution is 0.543. The summed E-state index contributed by atoms with van der Waals surface area (Å²) >= 11 is 5.90. The number of rotatable bonds is 12. The molecule has 3 N–H and O–H groups in total. The normalized spacial score (nSPS) is 12.2. The Labute approximate surface area is 114 Å². The van der Waals surface area contributed by atoms with Gasteiger partial charge >= 0.3 is 0 Å². The molecule has 0 aromatic carbocycles. The molecule has 0 aliphatic heterocycles. The molecule has 0 radical (unpaired) electrons. The molecule has 2 heteroatoms. The maximum absolute atomic E-state index is 5.90. The van der Waals surface area contributed by atoms with Crippen LogP contribution in [-0.4, -0.2) is 5.38 Å². The van der Waals surface area contributed by atoms with Gasteiger partial charge in [0.05, 0.1) is 0 Å². The molecule has 0 saturated heterocycles. The fraction of sp³-hybridized carbons (Fsp3) is 1.00. The van der Waals surface area contributed by atoms with Gasteiger partial charge in [-0.05, 0) is 13.3 Å². The van der Waals surface area contributed by atoms with E-state index in [0.717, 1.165) is 0 Å². The fourth-order valence-electron chi connectivity index (χ4n) is 2.09. The highest BCUT2D eigenvalue weighted by atomic mass is 35.5. The summed E-state index contributed by atoms with van der Waals surface area (Å²) in [5, 5.41) is 0.374. The van der Waals surface area contributed by atoms with Gasteiger partial charge < -0.3 is 6.15 Å². The average Bonchev–Trinajstić information content (AvgIpc) is 2.25. The third kappa shape index (κ3) is 18.8. The van der Waals surface area contributed by atoms with E-state index in [2.05, 4.69) is 13.8 Å². The van der Waals surface area contributed by atoms with Crippen LogP contribution in [0.1, 0.15) is 90.9 Å². The number of halogens is 1. The van der Waals surface area contributed by atoms with Crippen molar-refractivity contribution in [2.75, 3.05) is 0 Å². The molecule has 1 atom stereocenters. The molecule has 0 aromatic heterocycles. The predicted octanol–water partition coefficient (Wildman–Crippen LogP) is 6.48. The Morgan fingerprint density at radius 3 is 1.41 bits per heavy atom. The van der Waals surface area contributed by atoms with Crippen molar-refractivity contribution in [3.63, 3.8) is 0 Å². The number of hydrogen-bond donors (Lipinski definition) is 1. The van der Waals surface area contributed by atoms with Crippen molar-refractivity contribution in [3.8, 4) is 0 Å². The molecule has 1 nitrogen and oxygen atoms in total. The van der Waals surface area contributed by atoms with E-state index < -0.39 is 0 Å². The molecule has 0 aliphatic carbocycles. The van der Waals surface area contributed by atoms with Crippen LogP contribution in [0.2, 0.25) is 0 Å². The highest BCUT2D eigenvalue weighted by Gasteiger charge is 1.96. The van der Waals surface area contributed by atoms with E-state index in [9.17, 15) is 0 Å². The van der Waals surface area contributed by atoms with Crippen molar-refractivity contribution in [2.24, 2.45) is 0 Å². The van der Waals surface area contributed by atoms with Gasteiger partial charge in [-0.2, -0.15) is 0 Å². The summed E-state index contributed by atoms with van der Waals surface area (Å²) in [6.45, 7) is 4.37. The van der Waals surface area contributed by atoms with Gasteiger partial charge in [0.25, 0.3) is 0 Å². The Bertz CT molecular complexity index is 126. The molecule has 1 unspecified atom stereocenters. The molecule has 0 spiro atoms. The van der Waals surface area contributed by atoms with Gasteiger partial charge in [0, 0.05) is 5.38 Å². The average molecular weight is 264 g/mol. The summed E-state index contributed by atoms with van der Waals surface area (Å²) in [5.74, 6) is 0. The van der Waals surface area contributed by atoms with Gasteiger partial charge in [-0.3, -0.25) is 0 Å². The zero-order chi connectivity index (χ0) is 12.1. The topological polar surface area (TPSA) is 35.0 Å². The van der Waals surface area contributed by atoms with Gasteiger partial charge in [0.15, 0.2) is 0 Å². The molecule has 106 valence electrons. The Kier molecular flexibility index (Phi) is 18.7. The van der Waals surface area contributed by atoms with E-state index in [4.69, 9.17) is 11.6 Å². The van der Waals surface area contributed by atoms with Crippen molar-refractivity contribution in [2.45, 2.75) is 96.3 Å².